The molecule has 0 bridgehead atoms. The molecule has 0 saturated carbocycles. The number of para-hydroxylation sites is 1. The van der Waals surface area contributed by atoms with E-state index in [1.54, 1.807) is 0 Å². The molecule has 102 valence electrons. The lowest BCUT2D eigenvalue weighted by molar-refractivity contribution is 0.0560. The van der Waals surface area contributed by atoms with Crippen LogP contribution in [0, 0.1) is 0 Å². The van der Waals surface area contributed by atoms with E-state index in [0.717, 1.165) is 25.9 Å². The van der Waals surface area contributed by atoms with Crippen molar-refractivity contribution in [2.24, 2.45) is 0 Å². The maximum Gasteiger partial charge on any atom is 0.0740 e. The quantitative estimate of drug-likeness (QED) is 0.695. The van der Waals surface area contributed by atoms with Crippen LogP contribution in [-0.2, 0) is 0 Å². The zero-order valence-electron chi connectivity index (χ0n) is 11.8. The third-order valence-electron chi connectivity index (χ3n) is 3.31. The largest absolute Gasteiger partial charge is 0.389 e. The molecule has 3 heteroatoms. The van der Waals surface area contributed by atoms with Crippen LogP contribution in [-0.4, -0.2) is 37.4 Å². The van der Waals surface area contributed by atoms with Crippen molar-refractivity contribution in [3.8, 4) is 0 Å². The molecule has 0 aliphatic rings. The van der Waals surface area contributed by atoms with Crippen molar-refractivity contribution in [2.45, 2.75) is 32.3 Å². The van der Waals surface area contributed by atoms with Crippen molar-refractivity contribution >= 4 is 5.69 Å². The Kier molecular flexibility index (Phi) is 6.16. The van der Waals surface area contributed by atoms with Gasteiger partial charge in [-0.3, -0.25) is 0 Å². The Hall–Kier alpha value is -1.06. The first kappa shape index (κ1) is 15.0. The number of nitrogens with one attached hydrogen (secondary N) is 1. The third-order valence-corrected chi connectivity index (χ3v) is 3.31. The second-order valence-corrected chi connectivity index (χ2v) is 5.14. The number of rotatable bonds is 8. The minimum Gasteiger partial charge on any atom is -0.389 e. The lowest BCUT2D eigenvalue weighted by Crippen LogP contribution is -2.38. The van der Waals surface area contributed by atoms with Crippen LogP contribution in [0.4, 0.5) is 5.69 Å². The summed E-state index contributed by atoms with van der Waals surface area (Å²) in [6, 6.07) is 10.4. The van der Waals surface area contributed by atoms with Gasteiger partial charge >= 0.3 is 0 Å². The summed E-state index contributed by atoms with van der Waals surface area (Å²) in [5.41, 5.74) is 0.670. The fourth-order valence-electron chi connectivity index (χ4n) is 1.74. The van der Waals surface area contributed by atoms with Crippen molar-refractivity contribution < 1.29 is 5.11 Å². The number of benzene rings is 1. The molecule has 0 saturated heterocycles. The van der Waals surface area contributed by atoms with Crippen molar-refractivity contribution in [3.63, 3.8) is 0 Å². The second-order valence-electron chi connectivity index (χ2n) is 5.14. The van der Waals surface area contributed by atoms with Crippen LogP contribution in [0.2, 0.25) is 0 Å². The average molecular weight is 250 g/mol. The highest BCUT2D eigenvalue weighted by molar-refractivity contribution is 5.44. The number of aliphatic hydroxyl groups is 1. The molecule has 1 aromatic rings. The molecule has 2 N–H and O–H groups in total. The highest BCUT2D eigenvalue weighted by atomic mass is 16.3. The van der Waals surface area contributed by atoms with Gasteiger partial charge in [0.05, 0.1) is 5.60 Å². The first-order valence-corrected chi connectivity index (χ1v) is 6.74. The van der Waals surface area contributed by atoms with E-state index in [-0.39, 0.29) is 0 Å². The summed E-state index contributed by atoms with van der Waals surface area (Å²) < 4.78 is 0. The van der Waals surface area contributed by atoms with Crippen LogP contribution in [0.3, 0.4) is 0 Å². The van der Waals surface area contributed by atoms with E-state index in [9.17, 15) is 5.11 Å². The minimum absolute atomic E-state index is 0.578. The van der Waals surface area contributed by atoms with Crippen LogP contribution < -0.4 is 10.2 Å². The van der Waals surface area contributed by atoms with Gasteiger partial charge in [0.25, 0.3) is 0 Å². The Morgan fingerprint density at radius 3 is 2.56 bits per heavy atom. The molecule has 0 aliphatic carbocycles. The molecular formula is C15H26N2O. The summed E-state index contributed by atoms with van der Waals surface area (Å²) >= 11 is 0. The zero-order chi connectivity index (χ0) is 13.4. The first-order valence-electron chi connectivity index (χ1n) is 6.74. The Morgan fingerprint density at radius 2 is 1.94 bits per heavy atom. The van der Waals surface area contributed by atoms with Gasteiger partial charge in [0.15, 0.2) is 0 Å². The molecule has 0 aromatic heterocycles. The molecule has 1 aromatic carbocycles. The lowest BCUT2D eigenvalue weighted by atomic mass is 10.0. The molecule has 0 aliphatic heterocycles. The standard InChI is InChI=1S/C15H26N2O/c1-4-15(2,18)13-16-11-8-12-17(3)14-9-6-5-7-10-14/h5-7,9-10,16,18H,4,8,11-13H2,1-3H3. The molecule has 0 heterocycles. The van der Waals surface area contributed by atoms with E-state index in [2.05, 4.69) is 41.5 Å². The molecule has 18 heavy (non-hydrogen) atoms. The summed E-state index contributed by atoms with van der Waals surface area (Å²) in [6.45, 7) is 6.50. The SMILES string of the molecule is CCC(C)(O)CNCCCN(C)c1ccccc1. The molecule has 3 nitrogen and oxygen atoms in total. The zero-order valence-corrected chi connectivity index (χ0v) is 11.8. The van der Waals surface area contributed by atoms with E-state index in [4.69, 9.17) is 0 Å². The van der Waals surface area contributed by atoms with Crippen molar-refractivity contribution in [2.75, 3.05) is 31.6 Å². The number of hydrogen-bond donors (Lipinski definition) is 2. The molecular weight excluding hydrogens is 224 g/mol. The van der Waals surface area contributed by atoms with E-state index in [0.29, 0.717) is 6.54 Å². The normalized spacial score (nSPS) is 14.2. The monoisotopic (exact) mass is 250 g/mol. The summed E-state index contributed by atoms with van der Waals surface area (Å²) in [4.78, 5) is 2.25. The van der Waals surface area contributed by atoms with Gasteiger partial charge in [0.2, 0.25) is 0 Å². The summed E-state index contributed by atoms with van der Waals surface area (Å²) in [5.74, 6) is 0. The predicted octanol–water partition coefficient (Wildman–Crippen LogP) is 2.26. The highest BCUT2D eigenvalue weighted by Crippen LogP contribution is 2.10. The van der Waals surface area contributed by atoms with E-state index in [1.807, 2.05) is 19.9 Å². The smallest absolute Gasteiger partial charge is 0.0740 e. The lowest BCUT2D eigenvalue weighted by Gasteiger charge is -2.23. The van der Waals surface area contributed by atoms with Crippen LogP contribution in [0.25, 0.3) is 0 Å². The van der Waals surface area contributed by atoms with Gasteiger partial charge < -0.3 is 15.3 Å². The average Bonchev–Trinajstić information content (AvgIpc) is 2.39. The van der Waals surface area contributed by atoms with Gasteiger partial charge in [-0.15, -0.1) is 0 Å². The van der Waals surface area contributed by atoms with Gasteiger partial charge in [-0.1, -0.05) is 25.1 Å². The molecule has 0 amide bonds. The van der Waals surface area contributed by atoms with Crippen molar-refractivity contribution in [1.29, 1.82) is 0 Å². The maximum absolute atomic E-state index is 9.84. The molecule has 0 fully saturated rings. The van der Waals surface area contributed by atoms with Crippen LogP contribution >= 0.6 is 0 Å². The number of nitrogens with zero attached hydrogens (tertiary/aromatic N) is 1. The Labute approximate surface area is 111 Å². The Bertz CT molecular complexity index is 325. The highest BCUT2D eigenvalue weighted by Gasteiger charge is 2.15. The van der Waals surface area contributed by atoms with Crippen molar-refractivity contribution in [1.82, 2.24) is 5.32 Å². The second kappa shape index (κ2) is 7.39. The third kappa shape index (κ3) is 5.52. The Balaban J connectivity index is 2.15. The van der Waals surface area contributed by atoms with Crippen LogP contribution in [0.15, 0.2) is 30.3 Å². The predicted molar refractivity (Wildman–Crippen MR) is 78.1 cm³/mol. The van der Waals surface area contributed by atoms with Crippen LogP contribution in [0.1, 0.15) is 26.7 Å². The fraction of sp³-hybridized carbons (Fsp3) is 0.600. The Morgan fingerprint density at radius 1 is 1.28 bits per heavy atom. The van der Waals surface area contributed by atoms with E-state index in [1.165, 1.54) is 5.69 Å². The van der Waals surface area contributed by atoms with Crippen molar-refractivity contribution in [3.05, 3.63) is 30.3 Å². The topological polar surface area (TPSA) is 35.5 Å². The maximum atomic E-state index is 9.84. The van der Waals surface area contributed by atoms with Gasteiger partial charge in [0.1, 0.15) is 0 Å². The number of hydrogen-bond acceptors (Lipinski definition) is 3. The molecule has 1 unspecified atom stereocenters. The summed E-state index contributed by atoms with van der Waals surface area (Å²) in [7, 11) is 2.11. The molecule has 1 atom stereocenters. The van der Waals surface area contributed by atoms with E-state index < -0.39 is 5.60 Å². The minimum atomic E-state index is -0.578. The molecule has 0 spiro atoms. The first-order chi connectivity index (χ1) is 8.55. The summed E-state index contributed by atoms with van der Waals surface area (Å²) in [6.07, 6.45) is 1.86. The van der Waals surface area contributed by atoms with Gasteiger partial charge in [-0.25, -0.2) is 0 Å². The van der Waals surface area contributed by atoms with Gasteiger partial charge in [-0.2, -0.15) is 0 Å². The molecule has 1 rings (SSSR count). The van der Waals surface area contributed by atoms with Gasteiger partial charge in [-0.05, 0) is 38.4 Å². The summed E-state index contributed by atoms with van der Waals surface area (Å²) in [5, 5.41) is 13.1. The van der Waals surface area contributed by atoms with Crippen LogP contribution in [0.5, 0.6) is 0 Å². The number of anilines is 1. The fourth-order valence-corrected chi connectivity index (χ4v) is 1.74. The van der Waals surface area contributed by atoms with Gasteiger partial charge in [0, 0.05) is 25.8 Å². The van der Waals surface area contributed by atoms with E-state index >= 15 is 0 Å². The molecule has 0 radical (unpaired) electrons.